The number of nitrogens with two attached hydrogens (primary N) is 1. The van der Waals surface area contributed by atoms with E-state index in [-0.39, 0.29) is 5.69 Å². The maximum absolute atomic E-state index is 11.0. The third-order valence-corrected chi connectivity index (χ3v) is 2.50. The first-order valence-corrected chi connectivity index (χ1v) is 5.04. The van der Waals surface area contributed by atoms with Crippen molar-refractivity contribution in [1.82, 2.24) is 9.78 Å². The number of nitrogens with zero attached hydrogens (tertiary/aromatic N) is 3. The number of anilines is 1. The van der Waals surface area contributed by atoms with Crippen molar-refractivity contribution in [1.29, 1.82) is 0 Å². The van der Waals surface area contributed by atoms with Crippen molar-refractivity contribution in [3.63, 3.8) is 0 Å². The van der Waals surface area contributed by atoms with E-state index in [9.17, 15) is 10.1 Å². The van der Waals surface area contributed by atoms with Crippen molar-refractivity contribution in [3.8, 4) is 11.3 Å². The van der Waals surface area contributed by atoms with Gasteiger partial charge in [0.1, 0.15) is 0 Å². The lowest BCUT2D eigenvalue weighted by Gasteiger charge is -2.04. The molecule has 1 heterocycles. The minimum atomic E-state index is -0.436. The van der Waals surface area contributed by atoms with Crippen LogP contribution in [0.4, 0.5) is 11.4 Å². The Bertz CT molecular complexity index is 589. The Morgan fingerprint density at radius 1 is 1.41 bits per heavy atom. The standard InChI is InChI=1S/C11H12N4O2/c1-7-5-10(14(2)13-7)9-4-3-8(12)6-11(9)15(16)17/h3-6H,12H2,1-2H3. The van der Waals surface area contributed by atoms with E-state index in [1.54, 1.807) is 29.9 Å². The van der Waals surface area contributed by atoms with E-state index < -0.39 is 4.92 Å². The second-order valence-corrected chi connectivity index (χ2v) is 3.83. The lowest BCUT2D eigenvalue weighted by molar-refractivity contribution is -0.384. The smallest absolute Gasteiger partial charge is 0.280 e. The van der Waals surface area contributed by atoms with Crippen molar-refractivity contribution in [2.24, 2.45) is 7.05 Å². The Kier molecular flexibility index (Phi) is 2.55. The molecule has 6 nitrogen and oxygen atoms in total. The summed E-state index contributed by atoms with van der Waals surface area (Å²) in [6.07, 6.45) is 0. The normalized spacial score (nSPS) is 10.5. The Labute approximate surface area is 97.8 Å². The molecule has 0 radical (unpaired) electrons. The molecule has 0 spiro atoms. The first kappa shape index (κ1) is 11.1. The highest BCUT2D eigenvalue weighted by Crippen LogP contribution is 2.31. The van der Waals surface area contributed by atoms with Crippen LogP contribution in [-0.4, -0.2) is 14.7 Å². The molecule has 2 N–H and O–H groups in total. The highest BCUT2D eigenvalue weighted by molar-refractivity contribution is 5.74. The van der Waals surface area contributed by atoms with Gasteiger partial charge in [-0.25, -0.2) is 0 Å². The van der Waals surface area contributed by atoms with E-state index in [0.29, 0.717) is 16.9 Å². The minimum absolute atomic E-state index is 0.00648. The number of hydrogen-bond donors (Lipinski definition) is 1. The molecule has 1 aromatic heterocycles. The Balaban J connectivity index is 2.67. The Hall–Kier alpha value is -2.37. The molecule has 0 aliphatic heterocycles. The van der Waals surface area contributed by atoms with Crippen LogP contribution in [0.1, 0.15) is 5.69 Å². The molecule has 0 atom stereocenters. The topological polar surface area (TPSA) is 87.0 Å². The van der Waals surface area contributed by atoms with Gasteiger partial charge in [0.25, 0.3) is 5.69 Å². The summed E-state index contributed by atoms with van der Waals surface area (Å²) in [6, 6.07) is 6.45. The largest absolute Gasteiger partial charge is 0.399 e. The van der Waals surface area contributed by atoms with Crippen LogP contribution < -0.4 is 5.73 Å². The van der Waals surface area contributed by atoms with Gasteiger partial charge in [0, 0.05) is 18.8 Å². The molecular weight excluding hydrogens is 220 g/mol. The van der Waals surface area contributed by atoms with Crippen LogP contribution in [0.2, 0.25) is 0 Å². The van der Waals surface area contributed by atoms with E-state index in [4.69, 9.17) is 5.73 Å². The number of benzene rings is 1. The van der Waals surface area contributed by atoms with Crippen LogP contribution in [-0.2, 0) is 7.05 Å². The average molecular weight is 232 g/mol. The summed E-state index contributed by atoms with van der Waals surface area (Å²) in [5.41, 5.74) is 7.96. The van der Waals surface area contributed by atoms with E-state index >= 15 is 0 Å². The molecule has 6 heteroatoms. The molecule has 0 fully saturated rings. The third kappa shape index (κ3) is 1.96. The van der Waals surface area contributed by atoms with Crippen molar-refractivity contribution < 1.29 is 4.92 Å². The monoisotopic (exact) mass is 232 g/mol. The fourth-order valence-electron chi connectivity index (χ4n) is 1.78. The lowest BCUT2D eigenvalue weighted by atomic mass is 10.1. The molecule has 0 saturated heterocycles. The van der Waals surface area contributed by atoms with Gasteiger partial charge in [0.15, 0.2) is 0 Å². The summed E-state index contributed by atoms with van der Waals surface area (Å²) < 4.78 is 1.62. The average Bonchev–Trinajstić information content (AvgIpc) is 2.57. The number of nitro groups is 1. The van der Waals surface area contributed by atoms with Gasteiger partial charge >= 0.3 is 0 Å². The van der Waals surface area contributed by atoms with Gasteiger partial charge in [-0.15, -0.1) is 0 Å². The van der Waals surface area contributed by atoms with Crippen molar-refractivity contribution in [2.75, 3.05) is 5.73 Å². The van der Waals surface area contributed by atoms with Gasteiger partial charge in [-0.1, -0.05) is 0 Å². The number of aromatic nitrogens is 2. The highest BCUT2D eigenvalue weighted by atomic mass is 16.6. The number of aryl methyl sites for hydroxylation is 2. The summed E-state index contributed by atoms with van der Waals surface area (Å²) >= 11 is 0. The number of rotatable bonds is 2. The zero-order valence-corrected chi connectivity index (χ0v) is 9.54. The first-order chi connectivity index (χ1) is 7.99. The zero-order chi connectivity index (χ0) is 12.6. The highest BCUT2D eigenvalue weighted by Gasteiger charge is 2.18. The van der Waals surface area contributed by atoms with E-state index in [2.05, 4.69) is 5.10 Å². The van der Waals surface area contributed by atoms with Crippen LogP contribution >= 0.6 is 0 Å². The molecule has 0 unspecified atom stereocenters. The second kappa shape index (κ2) is 3.89. The molecular formula is C11H12N4O2. The van der Waals surface area contributed by atoms with Gasteiger partial charge in [-0.3, -0.25) is 14.8 Å². The molecule has 1 aromatic carbocycles. The SMILES string of the molecule is Cc1cc(-c2ccc(N)cc2[N+](=O)[O-])n(C)n1. The summed E-state index contributed by atoms with van der Waals surface area (Å²) in [7, 11) is 1.75. The van der Waals surface area contributed by atoms with E-state index in [1.807, 2.05) is 6.92 Å². The van der Waals surface area contributed by atoms with E-state index in [1.165, 1.54) is 6.07 Å². The first-order valence-electron chi connectivity index (χ1n) is 5.04. The molecule has 0 aliphatic carbocycles. The van der Waals surface area contributed by atoms with Crippen LogP contribution in [0.15, 0.2) is 24.3 Å². The molecule has 0 aliphatic rings. The fraction of sp³-hybridized carbons (Fsp3) is 0.182. The third-order valence-electron chi connectivity index (χ3n) is 2.50. The molecule has 2 aromatic rings. The number of nitro benzene ring substituents is 1. The van der Waals surface area contributed by atoms with Gasteiger partial charge in [0.2, 0.25) is 0 Å². The number of nitrogen functional groups attached to an aromatic ring is 1. The molecule has 0 bridgehead atoms. The van der Waals surface area contributed by atoms with Crippen LogP contribution in [0.25, 0.3) is 11.3 Å². The summed E-state index contributed by atoms with van der Waals surface area (Å²) in [5.74, 6) is 0. The molecule has 88 valence electrons. The van der Waals surface area contributed by atoms with Gasteiger partial charge in [-0.2, -0.15) is 5.10 Å². The zero-order valence-electron chi connectivity index (χ0n) is 9.54. The predicted octanol–water partition coefficient (Wildman–Crippen LogP) is 1.89. The van der Waals surface area contributed by atoms with Gasteiger partial charge in [0.05, 0.1) is 21.9 Å². The Morgan fingerprint density at radius 2 is 2.12 bits per heavy atom. The predicted molar refractivity (Wildman–Crippen MR) is 64.4 cm³/mol. The number of hydrogen-bond acceptors (Lipinski definition) is 4. The molecule has 2 rings (SSSR count). The Morgan fingerprint density at radius 3 is 2.65 bits per heavy atom. The molecule has 0 amide bonds. The molecule has 0 saturated carbocycles. The van der Waals surface area contributed by atoms with Crippen LogP contribution in [0.3, 0.4) is 0 Å². The van der Waals surface area contributed by atoms with Gasteiger partial charge < -0.3 is 5.73 Å². The van der Waals surface area contributed by atoms with Crippen molar-refractivity contribution in [3.05, 3.63) is 40.1 Å². The minimum Gasteiger partial charge on any atom is -0.399 e. The molecule has 17 heavy (non-hydrogen) atoms. The summed E-state index contributed by atoms with van der Waals surface area (Å²) in [6.45, 7) is 1.84. The lowest BCUT2D eigenvalue weighted by Crippen LogP contribution is -1.98. The van der Waals surface area contributed by atoms with Crippen molar-refractivity contribution >= 4 is 11.4 Å². The van der Waals surface area contributed by atoms with Crippen LogP contribution in [0.5, 0.6) is 0 Å². The van der Waals surface area contributed by atoms with Gasteiger partial charge in [-0.05, 0) is 25.1 Å². The van der Waals surface area contributed by atoms with E-state index in [0.717, 1.165) is 5.69 Å². The maximum Gasteiger partial charge on any atom is 0.280 e. The summed E-state index contributed by atoms with van der Waals surface area (Å²) in [5, 5.41) is 15.2. The van der Waals surface area contributed by atoms with Crippen LogP contribution in [0, 0.1) is 17.0 Å². The quantitative estimate of drug-likeness (QED) is 0.486. The second-order valence-electron chi connectivity index (χ2n) is 3.83. The summed E-state index contributed by atoms with van der Waals surface area (Å²) in [4.78, 5) is 10.5. The maximum atomic E-state index is 11.0. The fourth-order valence-corrected chi connectivity index (χ4v) is 1.78. The van der Waals surface area contributed by atoms with Crippen molar-refractivity contribution in [2.45, 2.75) is 6.92 Å².